The molecule has 2 N–H and O–H groups in total. The number of hydrogen-bond donors (Lipinski definition) is 1. The van der Waals surface area contributed by atoms with Gasteiger partial charge in [-0.2, -0.15) is 13.2 Å². The Bertz CT molecular complexity index is 291. The van der Waals surface area contributed by atoms with Crippen molar-refractivity contribution in [2.75, 3.05) is 6.67 Å². The van der Waals surface area contributed by atoms with Crippen LogP contribution < -0.4 is 5.73 Å². The topological polar surface area (TPSA) is 26.0 Å². The molecule has 5 heteroatoms. The lowest BCUT2D eigenvalue weighted by Gasteiger charge is -2.10. The summed E-state index contributed by atoms with van der Waals surface area (Å²) in [6.07, 6.45) is -4.36. The summed E-state index contributed by atoms with van der Waals surface area (Å²) >= 11 is 0. The van der Waals surface area contributed by atoms with Crippen LogP contribution in [0.4, 0.5) is 17.6 Å². The third-order valence-electron chi connectivity index (χ3n) is 1.83. The molecular weight excluding hydrogens is 198 g/mol. The number of alkyl halides is 4. The van der Waals surface area contributed by atoms with E-state index in [4.69, 9.17) is 5.73 Å². The van der Waals surface area contributed by atoms with Gasteiger partial charge in [0.05, 0.1) is 11.6 Å². The Morgan fingerprint density at radius 1 is 1.14 bits per heavy atom. The summed E-state index contributed by atoms with van der Waals surface area (Å²) in [5, 5.41) is 0. The molecule has 0 unspecified atom stereocenters. The molecule has 0 spiro atoms. The Morgan fingerprint density at radius 3 is 2.00 bits per heavy atom. The van der Waals surface area contributed by atoms with Crippen molar-refractivity contribution in [2.24, 2.45) is 5.73 Å². The normalized spacial score (nSPS) is 14.1. The maximum absolute atomic E-state index is 12.1. The highest BCUT2D eigenvalue weighted by Gasteiger charge is 2.30. The standard InChI is InChI=1S/C9H9F4N/c10-5-8(14)6-1-3-7(4-2-6)9(11,12)13/h1-4,8H,5,14H2/t8-/m0/s1. The molecule has 14 heavy (non-hydrogen) atoms. The first-order valence-electron chi connectivity index (χ1n) is 3.94. The average Bonchev–Trinajstić information content (AvgIpc) is 2.15. The van der Waals surface area contributed by atoms with E-state index < -0.39 is 24.5 Å². The fourth-order valence-corrected chi connectivity index (χ4v) is 1.01. The fraction of sp³-hybridized carbons (Fsp3) is 0.333. The maximum atomic E-state index is 12.1. The summed E-state index contributed by atoms with van der Waals surface area (Å²) in [6, 6.07) is 3.31. The zero-order valence-electron chi connectivity index (χ0n) is 7.18. The highest BCUT2D eigenvalue weighted by molar-refractivity contribution is 5.26. The molecule has 0 aliphatic rings. The van der Waals surface area contributed by atoms with Gasteiger partial charge in [-0.25, -0.2) is 4.39 Å². The zero-order chi connectivity index (χ0) is 10.8. The van der Waals surface area contributed by atoms with E-state index in [0.717, 1.165) is 12.1 Å². The molecule has 0 amide bonds. The van der Waals surface area contributed by atoms with Crippen molar-refractivity contribution < 1.29 is 17.6 Å². The first kappa shape index (κ1) is 11.0. The van der Waals surface area contributed by atoms with E-state index in [2.05, 4.69) is 0 Å². The van der Waals surface area contributed by atoms with Gasteiger partial charge in [-0.15, -0.1) is 0 Å². The molecule has 0 aromatic heterocycles. The minimum absolute atomic E-state index is 0.362. The predicted octanol–water partition coefficient (Wildman–Crippen LogP) is 2.67. The average molecular weight is 207 g/mol. The van der Waals surface area contributed by atoms with Gasteiger partial charge >= 0.3 is 6.18 Å². The summed E-state index contributed by atoms with van der Waals surface area (Å²) in [4.78, 5) is 0. The van der Waals surface area contributed by atoms with Gasteiger partial charge in [0, 0.05) is 0 Å². The Kier molecular flexibility index (Phi) is 3.10. The van der Waals surface area contributed by atoms with Gasteiger partial charge < -0.3 is 5.73 Å². The first-order chi connectivity index (χ1) is 6.45. The number of rotatable bonds is 2. The molecule has 1 atom stereocenters. The van der Waals surface area contributed by atoms with Gasteiger partial charge in [-0.05, 0) is 17.7 Å². The third-order valence-corrected chi connectivity index (χ3v) is 1.83. The highest BCUT2D eigenvalue weighted by Crippen LogP contribution is 2.29. The second-order valence-electron chi connectivity index (χ2n) is 2.88. The summed E-state index contributed by atoms with van der Waals surface area (Å²) in [5.41, 5.74) is 4.90. The van der Waals surface area contributed by atoms with E-state index >= 15 is 0 Å². The quantitative estimate of drug-likeness (QED) is 0.741. The largest absolute Gasteiger partial charge is 0.416 e. The van der Waals surface area contributed by atoms with Gasteiger partial charge in [0.1, 0.15) is 6.67 Å². The molecule has 1 rings (SSSR count). The summed E-state index contributed by atoms with van der Waals surface area (Å²) < 4.78 is 48.4. The molecule has 0 radical (unpaired) electrons. The zero-order valence-corrected chi connectivity index (χ0v) is 7.18. The molecule has 0 aliphatic carbocycles. The molecule has 0 saturated carbocycles. The van der Waals surface area contributed by atoms with Crippen LogP contribution >= 0.6 is 0 Å². The molecule has 0 saturated heterocycles. The van der Waals surface area contributed by atoms with Crippen LogP contribution in [0, 0.1) is 0 Å². The van der Waals surface area contributed by atoms with E-state index in [1.54, 1.807) is 0 Å². The summed E-state index contributed by atoms with van der Waals surface area (Å²) in [5.74, 6) is 0. The van der Waals surface area contributed by atoms with E-state index in [1.165, 1.54) is 12.1 Å². The van der Waals surface area contributed by atoms with Crippen molar-refractivity contribution in [2.45, 2.75) is 12.2 Å². The summed E-state index contributed by atoms with van der Waals surface area (Å²) in [6.45, 7) is -0.786. The van der Waals surface area contributed by atoms with Crippen LogP contribution in [0.5, 0.6) is 0 Å². The second kappa shape index (κ2) is 3.96. The van der Waals surface area contributed by atoms with E-state index in [0.29, 0.717) is 5.56 Å². The van der Waals surface area contributed by atoms with Crippen molar-refractivity contribution >= 4 is 0 Å². The predicted molar refractivity (Wildman–Crippen MR) is 44.3 cm³/mol. The number of nitrogens with two attached hydrogens (primary N) is 1. The van der Waals surface area contributed by atoms with Crippen LogP contribution in [0.15, 0.2) is 24.3 Å². The minimum Gasteiger partial charge on any atom is -0.322 e. The molecular formula is C9H9F4N. The van der Waals surface area contributed by atoms with Crippen molar-refractivity contribution in [3.05, 3.63) is 35.4 Å². The van der Waals surface area contributed by atoms with E-state index in [1.807, 2.05) is 0 Å². The van der Waals surface area contributed by atoms with Crippen molar-refractivity contribution in [1.29, 1.82) is 0 Å². The second-order valence-corrected chi connectivity index (χ2v) is 2.88. The number of benzene rings is 1. The lowest BCUT2D eigenvalue weighted by atomic mass is 10.1. The van der Waals surface area contributed by atoms with Crippen LogP contribution in [0.1, 0.15) is 17.2 Å². The molecule has 1 nitrogen and oxygen atoms in total. The van der Waals surface area contributed by atoms with Crippen molar-refractivity contribution in [3.8, 4) is 0 Å². The Hall–Kier alpha value is -1.10. The number of halogens is 4. The molecule has 0 fully saturated rings. The van der Waals surface area contributed by atoms with E-state index in [-0.39, 0.29) is 0 Å². The van der Waals surface area contributed by atoms with Gasteiger partial charge in [-0.3, -0.25) is 0 Å². The Labute approximate surface area is 78.5 Å². The Morgan fingerprint density at radius 2 is 1.64 bits per heavy atom. The molecule has 0 heterocycles. The van der Waals surface area contributed by atoms with Crippen molar-refractivity contribution in [3.63, 3.8) is 0 Å². The van der Waals surface area contributed by atoms with Crippen LogP contribution in [0.25, 0.3) is 0 Å². The third kappa shape index (κ3) is 2.45. The van der Waals surface area contributed by atoms with Crippen LogP contribution in [-0.4, -0.2) is 6.67 Å². The Balaban J connectivity index is 2.89. The van der Waals surface area contributed by atoms with Crippen LogP contribution in [-0.2, 0) is 6.18 Å². The molecule has 0 aliphatic heterocycles. The van der Waals surface area contributed by atoms with Gasteiger partial charge in [0.2, 0.25) is 0 Å². The van der Waals surface area contributed by atoms with Crippen molar-refractivity contribution in [1.82, 2.24) is 0 Å². The first-order valence-corrected chi connectivity index (χ1v) is 3.94. The lowest BCUT2D eigenvalue weighted by molar-refractivity contribution is -0.137. The smallest absolute Gasteiger partial charge is 0.322 e. The molecule has 1 aromatic rings. The van der Waals surface area contributed by atoms with Gasteiger partial charge in [0.15, 0.2) is 0 Å². The SMILES string of the molecule is N[C@@H](CF)c1ccc(C(F)(F)F)cc1. The van der Waals surface area contributed by atoms with Gasteiger partial charge in [0.25, 0.3) is 0 Å². The molecule has 78 valence electrons. The van der Waals surface area contributed by atoms with Crippen LogP contribution in [0.2, 0.25) is 0 Å². The summed E-state index contributed by atoms with van der Waals surface area (Å²) in [7, 11) is 0. The van der Waals surface area contributed by atoms with Crippen LogP contribution in [0.3, 0.4) is 0 Å². The number of hydrogen-bond acceptors (Lipinski definition) is 1. The molecule has 1 aromatic carbocycles. The maximum Gasteiger partial charge on any atom is 0.416 e. The van der Waals surface area contributed by atoms with Gasteiger partial charge in [-0.1, -0.05) is 12.1 Å². The monoisotopic (exact) mass is 207 g/mol. The highest BCUT2D eigenvalue weighted by atomic mass is 19.4. The fourth-order valence-electron chi connectivity index (χ4n) is 1.01. The molecule has 0 bridgehead atoms. The minimum atomic E-state index is -4.36. The lowest BCUT2D eigenvalue weighted by Crippen LogP contribution is -2.12. The van der Waals surface area contributed by atoms with E-state index in [9.17, 15) is 17.6 Å².